The summed E-state index contributed by atoms with van der Waals surface area (Å²) < 4.78 is 1.49. The van der Waals surface area contributed by atoms with Gasteiger partial charge in [0.2, 0.25) is 5.91 Å². The van der Waals surface area contributed by atoms with Crippen molar-refractivity contribution in [3.8, 4) is 0 Å². The Morgan fingerprint density at radius 3 is 2.93 bits per heavy atom. The number of nitrogens with zero attached hydrogens (tertiary/aromatic N) is 4. The van der Waals surface area contributed by atoms with Gasteiger partial charge < -0.3 is 10.2 Å². The van der Waals surface area contributed by atoms with Crippen molar-refractivity contribution in [3.63, 3.8) is 0 Å². The second kappa shape index (κ2) is 7.87. The quantitative estimate of drug-likeness (QED) is 0.706. The molecule has 1 aliphatic rings. The first kappa shape index (κ1) is 17.7. The number of aryl methyl sites for hydroxylation is 1. The zero-order valence-electron chi connectivity index (χ0n) is 14.9. The molecule has 3 aromatic rings. The van der Waals surface area contributed by atoms with Crippen LogP contribution in [-0.4, -0.2) is 33.5 Å². The van der Waals surface area contributed by atoms with Gasteiger partial charge in [-0.1, -0.05) is 0 Å². The SMILES string of the molecule is O=C(CCn1cnc2sccc2c1=O)NCc1ccnc(N2CCCC2)c1. The van der Waals surface area contributed by atoms with E-state index in [1.165, 1.54) is 35.1 Å². The number of carbonyl (C=O) groups excluding carboxylic acids is 1. The summed E-state index contributed by atoms with van der Waals surface area (Å²) in [4.78, 5) is 36.2. The molecule has 0 aromatic carbocycles. The summed E-state index contributed by atoms with van der Waals surface area (Å²) in [6.07, 6.45) is 5.94. The van der Waals surface area contributed by atoms with Gasteiger partial charge in [0.15, 0.2) is 0 Å². The summed E-state index contributed by atoms with van der Waals surface area (Å²) in [7, 11) is 0. The highest BCUT2D eigenvalue weighted by Crippen LogP contribution is 2.18. The van der Waals surface area contributed by atoms with Crippen LogP contribution in [0.25, 0.3) is 10.2 Å². The lowest BCUT2D eigenvalue weighted by molar-refractivity contribution is -0.121. The fourth-order valence-electron chi connectivity index (χ4n) is 3.25. The number of nitrogens with one attached hydrogen (secondary N) is 1. The van der Waals surface area contributed by atoms with Crippen LogP contribution >= 0.6 is 11.3 Å². The molecule has 27 heavy (non-hydrogen) atoms. The van der Waals surface area contributed by atoms with E-state index < -0.39 is 0 Å². The van der Waals surface area contributed by atoms with Crippen molar-refractivity contribution in [3.05, 3.63) is 52.0 Å². The summed E-state index contributed by atoms with van der Waals surface area (Å²) in [5, 5.41) is 5.37. The largest absolute Gasteiger partial charge is 0.357 e. The van der Waals surface area contributed by atoms with Crippen molar-refractivity contribution in [2.24, 2.45) is 0 Å². The van der Waals surface area contributed by atoms with Crippen LogP contribution in [0.1, 0.15) is 24.8 Å². The van der Waals surface area contributed by atoms with Gasteiger partial charge in [0, 0.05) is 38.8 Å². The number of rotatable bonds is 6. The van der Waals surface area contributed by atoms with E-state index in [0.717, 1.165) is 29.3 Å². The standard InChI is InChI=1S/C19H21N5O2S/c25-17(4-9-24-13-22-18-15(19(24)26)5-10-27-18)21-12-14-3-6-20-16(11-14)23-7-1-2-8-23/h3,5-6,10-11,13H,1-2,4,7-9,12H2,(H,21,25). The Labute approximate surface area is 160 Å². The first-order valence-electron chi connectivity index (χ1n) is 9.10. The molecule has 0 saturated carbocycles. The van der Waals surface area contributed by atoms with Gasteiger partial charge in [-0.3, -0.25) is 14.2 Å². The number of anilines is 1. The van der Waals surface area contributed by atoms with E-state index in [4.69, 9.17) is 0 Å². The molecule has 1 fully saturated rings. The highest BCUT2D eigenvalue weighted by Gasteiger charge is 2.14. The summed E-state index contributed by atoms with van der Waals surface area (Å²) >= 11 is 1.44. The lowest BCUT2D eigenvalue weighted by atomic mass is 10.2. The molecule has 0 atom stereocenters. The van der Waals surface area contributed by atoms with Crippen molar-refractivity contribution in [2.75, 3.05) is 18.0 Å². The van der Waals surface area contributed by atoms with Crippen LogP contribution in [0.2, 0.25) is 0 Å². The highest BCUT2D eigenvalue weighted by molar-refractivity contribution is 7.16. The number of amides is 1. The van der Waals surface area contributed by atoms with Crippen molar-refractivity contribution >= 4 is 33.3 Å². The Bertz CT molecular complexity index is 1010. The van der Waals surface area contributed by atoms with Gasteiger partial charge in [-0.25, -0.2) is 9.97 Å². The number of pyridine rings is 1. The molecule has 0 unspecified atom stereocenters. The lowest BCUT2D eigenvalue weighted by Crippen LogP contribution is -2.27. The van der Waals surface area contributed by atoms with E-state index in [9.17, 15) is 9.59 Å². The summed E-state index contributed by atoms with van der Waals surface area (Å²) in [5.41, 5.74) is 0.928. The molecule has 7 nitrogen and oxygen atoms in total. The second-order valence-electron chi connectivity index (χ2n) is 6.63. The maximum Gasteiger partial charge on any atom is 0.262 e. The molecule has 3 aromatic heterocycles. The molecule has 4 rings (SSSR count). The molecule has 1 N–H and O–H groups in total. The van der Waals surface area contributed by atoms with Crippen LogP contribution in [-0.2, 0) is 17.9 Å². The van der Waals surface area contributed by atoms with Crippen LogP contribution in [0.4, 0.5) is 5.82 Å². The first-order chi connectivity index (χ1) is 13.2. The van der Waals surface area contributed by atoms with Crippen molar-refractivity contribution in [1.29, 1.82) is 0 Å². The Hall–Kier alpha value is -2.74. The summed E-state index contributed by atoms with van der Waals surface area (Å²) in [6.45, 7) is 2.86. The number of hydrogen-bond donors (Lipinski definition) is 1. The number of carbonyl (C=O) groups is 1. The fourth-order valence-corrected chi connectivity index (χ4v) is 3.98. The summed E-state index contributed by atoms with van der Waals surface area (Å²) in [6, 6.07) is 5.72. The highest BCUT2D eigenvalue weighted by atomic mass is 32.1. The molecular weight excluding hydrogens is 362 g/mol. The normalized spacial score (nSPS) is 14.0. The predicted molar refractivity (Wildman–Crippen MR) is 106 cm³/mol. The average Bonchev–Trinajstić information content (AvgIpc) is 3.38. The molecule has 140 valence electrons. The van der Waals surface area contributed by atoms with Gasteiger partial charge in [0.05, 0.1) is 11.7 Å². The van der Waals surface area contributed by atoms with E-state index in [1.807, 2.05) is 17.5 Å². The molecule has 4 heterocycles. The molecule has 0 aliphatic carbocycles. The van der Waals surface area contributed by atoms with Gasteiger partial charge in [-0.15, -0.1) is 11.3 Å². The van der Waals surface area contributed by atoms with Gasteiger partial charge >= 0.3 is 0 Å². The third-order valence-electron chi connectivity index (χ3n) is 4.76. The first-order valence-corrected chi connectivity index (χ1v) is 9.98. The Kier molecular flexibility index (Phi) is 5.15. The van der Waals surface area contributed by atoms with Crippen LogP contribution in [0.15, 0.2) is 40.9 Å². The van der Waals surface area contributed by atoms with Crippen molar-refractivity contribution in [2.45, 2.75) is 32.4 Å². The smallest absolute Gasteiger partial charge is 0.262 e. The van der Waals surface area contributed by atoms with Crippen LogP contribution in [0.5, 0.6) is 0 Å². The van der Waals surface area contributed by atoms with Crippen LogP contribution in [0, 0.1) is 0 Å². The van der Waals surface area contributed by atoms with E-state index >= 15 is 0 Å². The molecule has 0 radical (unpaired) electrons. The number of fused-ring (bicyclic) bond motifs is 1. The predicted octanol–water partition coefficient (Wildman–Crippen LogP) is 2.16. The molecule has 0 spiro atoms. The topological polar surface area (TPSA) is 80.1 Å². The van der Waals surface area contributed by atoms with Gasteiger partial charge in [0.1, 0.15) is 10.6 Å². The molecule has 0 bridgehead atoms. The van der Waals surface area contributed by atoms with E-state index in [1.54, 1.807) is 12.3 Å². The molecule has 1 amide bonds. The Balaban J connectivity index is 1.32. The van der Waals surface area contributed by atoms with Gasteiger partial charge in [-0.2, -0.15) is 0 Å². The molecular formula is C19H21N5O2S. The van der Waals surface area contributed by atoms with Crippen LogP contribution < -0.4 is 15.8 Å². The lowest BCUT2D eigenvalue weighted by Gasteiger charge is -2.17. The van der Waals surface area contributed by atoms with E-state index in [2.05, 4.69) is 20.2 Å². The average molecular weight is 383 g/mol. The molecule has 8 heteroatoms. The Morgan fingerprint density at radius 1 is 1.22 bits per heavy atom. The fraction of sp³-hybridized carbons (Fsp3) is 0.368. The monoisotopic (exact) mass is 383 g/mol. The van der Waals surface area contributed by atoms with E-state index in [-0.39, 0.29) is 17.9 Å². The number of thiophene rings is 1. The number of hydrogen-bond acceptors (Lipinski definition) is 6. The maximum atomic E-state index is 12.3. The zero-order chi connectivity index (χ0) is 18.6. The zero-order valence-corrected chi connectivity index (χ0v) is 15.7. The van der Waals surface area contributed by atoms with Crippen molar-refractivity contribution in [1.82, 2.24) is 19.9 Å². The third-order valence-corrected chi connectivity index (χ3v) is 5.58. The Morgan fingerprint density at radius 2 is 2.07 bits per heavy atom. The van der Waals surface area contributed by atoms with Gasteiger partial charge in [0.25, 0.3) is 5.56 Å². The van der Waals surface area contributed by atoms with E-state index in [0.29, 0.717) is 18.5 Å². The molecule has 1 aliphatic heterocycles. The maximum absolute atomic E-state index is 12.3. The second-order valence-corrected chi connectivity index (χ2v) is 7.52. The minimum Gasteiger partial charge on any atom is -0.357 e. The number of aromatic nitrogens is 3. The van der Waals surface area contributed by atoms with Gasteiger partial charge in [-0.05, 0) is 42.0 Å². The third kappa shape index (κ3) is 4.00. The van der Waals surface area contributed by atoms with Crippen LogP contribution in [0.3, 0.4) is 0 Å². The summed E-state index contributed by atoms with van der Waals surface area (Å²) in [5.74, 6) is 0.882. The van der Waals surface area contributed by atoms with Crippen molar-refractivity contribution < 1.29 is 4.79 Å². The minimum atomic E-state index is -0.0987. The molecule has 1 saturated heterocycles. The minimum absolute atomic E-state index is 0.0909.